The SMILES string of the molecule is Clc1ccc(-c2csc(-c3ccc(OCCN4CCCC4)cc3)c2)cc1. The van der Waals surface area contributed by atoms with Crippen LogP contribution in [0.4, 0.5) is 0 Å². The molecule has 4 rings (SSSR count). The number of thiophene rings is 1. The van der Waals surface area contributed by atoms with Crippen molar-refractivity contribution in [3.63, 3.8) is 0 Å². The molecule has 26 heavy (non-hydrogen) atoms. The lowest BCUT2D eigenvalue weighted by Crippen LogP contribution is -2.25. The summed E-state index contributed by atoms with van der Waals surface area (Å²) in [6, 6.07) is 18.6. The molecule has 2 aromatic carbocycles. The summed E-state index contributed by atoms with van der Waals surface area (Å²) in [4.78, 5) is 3.73. The average Bonchev–Trinajstić information content (AvgIpc) is 3.35. The van der Waals surface area contributed by atoms with Crippen LogP contribution >= 0.6 is 22.9 Å². The first-order chi connectivity index (χ1) is 12.8. The van der Waals surface area contributed by atoms with Gasteiger partial charge in [0, 0.05) is 16.4 Å². The minimum Gasteiger partial charge on any atom is -0.492 e. The highest BCUT2D eigenvalue weighted by Gasteiger charge is 2.11. The lowest BCUT2D eigenvalue weighted by Gasteiger charge is -2.14. The molecule has 0 unspecified atom stereocenters. The highest BCUT2D eigenvalue weighted by atomic mass is 35.5. The van der Waals surface area contributed by atoms with Gasteiger partial charge in [0.2, 0.25) is 0 Å². The van der Waals surface area contributed by atoms with E-state index in [1.165, 1.54) is 47.5 Å². The molecular weight excluding hydrogens is 362 g/mol. The van der Waals surface area contributed by atoms with Crippen LogP contribution in [-0.4, -0.2) is 31.1 Å². The van der Waals surface area contributed by atoms with E-state index in [-0.39, 0.29) is 0 Å². The molecule has 0 N–H and O–H groups in total. The van der Waals surface area contributed by atoms with E-state index >= 15 is 0 Å². The molecule has 1 aromatic heterocycles. The Morgan fingerprint density at radius 3 is 2.31 bits per heavy atom. The Morgan fingerprint density at radius 1 is 0.885 bits per heavy atom. The maximum Gasteiger partial charge on any atom is 0.119 e. The molecule has 0 saturated carbocycles. The van der Waals surface area contributed by atoms with E-state index in [9.17, 15) is 0 Å². The van der Waals surface area contributed by atoms with Gasteiger partial charge in [-0.1, -0.05) is 23.7 Å². The van der Waals surface area contributed by atoms with Gasteiger partial charge in [0.05, 0.1) is 0 Å². The second-order valence-electron chi connectivity index (χ2n) is 6.63. The topological polar surface area (TPSA) is 12.5 Å². The lowest BCUT2D eigenvalue weighted by atomic mass is 10.1. The third kappa shape index (κ3) is 4.29. The molecule has 4 heteroatoms. The van der Waals surface area contributed by atoms with Crippen molar-refractivity contribution in [2.24, 2.45) is 0 Å². The summed E-state index contributed by atoms with van der Waals surface area (Å²) >= 11 is 7.74. The van der Waals surface area contributed by atoms with Crippen molar-refractivity contribution in [3.8, 4) is 27.3 Å². The van der Waals surface area contributed by atoms with Gasteiger partial charge in [-0.25, -0.2) is 0 Å². The fraction of sp³-hybridized carbons (Fsp3) is 0.273. The molecule has 0 aliphatic carbocycles. The smallest absolute Gasteiger partial charge is 0.119 e. The van der Waals surface area contributed by atoms with Crippen molar-refractivity contribution >= 4 is 22.9 Å². The Balaban J connectivity index is 1.38. The Labute approximate surface area is 164 Å². The van der Waals surface area contributed by atoms with Crippen molar-refractivity contribution in [1.82, 2.24) is 4.90 Å². The van der Waals surface area contributed by atoms with Gasteiger partial charge >= 0.3 is 0 Å². The van der Waals surface area contributed by atoms with E-state index in [0.29, 0.717) is 0 Å². The first-order valence-corrected chi connectivity index (χ1v) is 10.3. The second kappa shape index (κ2) is 8.26. The zero-order chi connectivity index (χ0) is 17.8. The molecule has 0 spiro atoms. The third-order valence-corrected chi connectivity index (χ3v) is 6.02. The molecule has 0 radical (unpaired) electrons. The van der Waals surface area contributed by atoms with E-state index < -0.39 is 0 Å². The van der Waals surface area contributed by atoms with Crippen molar-refractivity contribution in [3.05, 3.63) is 65.0 Å². The molecule has 1 aliphatic heterocycles. The number of halogens is 1. The summed E-state index contributed by atoms with van der Waals surface area (Å²) in [5.41, 5.74) is 3.65. The number of hydrogen-bond donors (Lipinski definition) is 0. The van der Waals surface area contributed by atoms with E-state index in [2.05, 4.69) is 52.7 Å². The molecule has 1 saturated heterocycles. The van der Waals surface area contributed by atoms with Gasteiger partial charge in [0.25, 0.3) is 0 Å². The van der Waals surface area contributed by atoms with Crippen LogP contribution in [-0.2, 0) is 0 Å². The summed E-state index contributed by atoms with van der Waals surface area (Å²) in [5, 5.41) is 2.96. The second-order valence-corrected chi connectivity index (χ2v) is 7.98. The molecule has 3 aromatic rings. The molecule has 2 heterocycles. The summed E-state index contributed by atoms with van der Waals surface area (Å²) in [7, 11) is 0. The number of benzene rings is 2. The first-order valence-electron chi connectivity index (χ1n) is 9.08. The molecular formula is C22H22ClNOS. The third-order valence-electron chi connectivity index (χ3n) is 4.79. The summed E-state index contributed by atoms with van der Waals surface area (Å²) < 4.78 is 5.89. The molecule has 134 valence electrons. The van der Waals surface area contributed by atoms with Crippen molar-refractivity contribution < 1.29 is 4.74 Å². The zero-order valence-electron chi connectivity index (χ0n) is 14.7. The van der Waals surface area contributed by atoms with Gasteiger partial charge in [-0.15, -0.1) is 11.3 Å². The fourth-order valence-electron chi connectivity index (χ4n) is 3.30. The predicted octanol–water partition coefficient (Wildman–Crippen LogP) is 6.21. The highest BCUT2D eigenvalue weighted by Crippen LogP contribution is 2.33. The Bertz CT molecular complexity index is 835. The van der Waals surface area contributed by atoms with Crippen LogP contribution in [0.2, 0.25) is 5.02 Å². The van der Waals surface area contributed by atoms with Crippen LogP contribution in [0.3, 0.4) is 0 Å². The summed E-state index contributed by atoms with van der Waals surface area (Å²) in [6.07, 6.45) is 2.65. The van der Waals surface area contributed by atoms with Crippen LogP contribution in [0, 0.1) is 0 Å². The number of hydrogen-bond acceptors (Lipinski definition) is 3. The van der Waals surface area contributed by atoms with Crippen LogP contribution in [0.15, 0.2) is 60.0 Å². The largest absolute Gasteiger partial charge is 0.492 e. The molecule has 1 fully saturated rings. The number of rotatable bonds is 6. The summed E-state index contributed by atoms with van der Waals surface area (Å²) in [5.74, 6) is 0.947. The van der Waals surface area contributed by atoms with Crippen LogP contribution in [0.25, 0.3) is 21.6 Å². The Morgan fingerprint density at radius 2 is 1.58 bits per heavy atom. The Hall–Kier alpha value is -1.81. The lowest BCUT2D eigenvalue weighted by molar-refractivity contribution is 0.238. The van der Waals surface area contributed by atoms with Crippen LogP contribution in [0.5, 0.6) is 5.75 Å². The number of nitrogens with zero attached hydrogens (tertiary/aromatic N) is 1. The van der Waals surface area contributed by atoms with Gasteiger partial charge in [0.15, 0.2) is 0 Å². The van der Waals surface area contributed by atoms with E-state index in [1.54, 1.807) is 11.3 Å². The minimum atomic E-state index is 0.763. The van der Waals surface area contributed by atoms with E-state index in [4.69, 9.17) is 16.3 Å². The van der Waals surface area contributed by atoms with E-state index in [0.717, 1.165) is 23.9 Å². The van der Waals surface area contributed by atoms with Gasteiger partial charge < -0.3 is 4.74 Å². The maximum absolute atomic E-state index is 5.98. The number of likely N-dealkylation sites (tertiary alicyclic amines) is 1. The van der Waals surface area contributed by atoms with Gasteiger partial charge in [0.1, 0.15) is 12.4 Å². The quantitative estimate of drug-likeness (QED) is 0.501. The molecule has 0 amide bonds. The summed E-state index contributed by atoms with van der Waals surface area (Å²) in [6.45, 7) is 4.23. The van der Waals surface area contributed by atoms with Crippen molar-refractivity contribution in [2.75, 3.05) is 26.2 Å². The zero-order valence-corrected chi connectivity index (χ0v) is 16.2. The standard InChI is InChI=1S/C22H22ClNOS/c23-20-7-3-17(4-8-20)19-15-22(26-16-19)18-5-9-21(10-6-18)25-14-13-24-11-1-2-12-24/h3-10,15-16H,1-2,11-14H2. The maximum atomic E-state index is 5.98. The highest BCUT2D eigenvalue weighted by molar-refractivity contribution is 7.14. The van der Waals surface area contributed by atoms with E-state index in [1.807, 2.05) is 12.1 Å². The van der Waals surface area contributed by atoms with Crippen LogP contribution in [0.1, 0.15) is 12.8 Å². The molecule has 0 atom stereocenters. The molecule has 0 bridgehead atoms. The molecule has 2 nitrogen and oxygen atoms in total. The Kier molecular flexibility index (Phi) is 5.59. The average molecular weight is 384 g/mol. The monoisotopic (exact) mass is 383 g/mol. The number of ether oxygens (including phenoxy) is 1. The minimum absolute atomic E-state index is 0.763. The van der Waals surface area contributed by atoms with Crippen molar-refractivity contribution in [1.29, 1.82) is 0 Å². The first kappa shape index (κ1) is 17.6. The van der Waals surface area contributed by atoms with Crippen LogP contribution < -0.4 is 4.74 Å². The molecule has 1 aliphatic rings. The van der Waals surface area contributed by atoms with Gasteiger partial charge in [-0.2, -0.15) is 0 Å². The fourth-order valence-corrected chi connectivity index (χ4v) is 4.35. The van der Waals surface area contributed by atoms with Crippen molar-refractivity contribution in [2.45, 2.75) is 12.8 Å². The van der Waals surface area contributed by atoms with Gasteiger partial charge in [-0.3, -0.25) is 4.90 Å². The van der Waals surface area contributed by atoms with Gasteiger partial charge in [-0.05, 0) is 90.5 Å². The predicted molar refractivity (Wildman–Crippen MR) is 111 cm³/mol. The normalized spacial score (nSPS) is 14.7.